The van der Waals surface area contributed by atoms with Crippen LogP contribution in [0.25, 0.3) is 0 Å². The highest BCUT2D eigenvalue weighted by Gasteiger charge is 2.36. The van der Waals surface area contributed by atoms with Crippen LogP contribution in [0.2, 0.25) is 0 Å². The smallest absolute Gasteiger partial charge is 0.329 e. The molecule has 0 aliphatic carbocycles. The first-order chi connectivity index (χ1) is 9.88. The Balaban J connectivity index is 2.87. The Morgan fingerprint density at radius 3 is 2.43 bits per heavy atom. The molecule has 0 aliphatic rings. The number of urea groups is 1. The number of hydrogen-bond donors (Lipinski definition) is 3. The summed E-state index contributed by atoms with van der Waals surface area (Å²) in [6, 6.07) is 4.54. The van der Waals surface area contributed by atoms with Gasteiger partial charge in [0.05, 0.1) is 17.3 Å². The number of amides is 2. The van der Waals surface area contributed by atoms with Crippen LogP contribution in [0.1, 0.15) is 32.3 Å². The molecule has 21 heavy (non-hydrogen) atoms. The van der Waals surface area contributed by atoms with Crippen molar-refractivity contribution in [2.24, 2.45) is 0 Å². The van der Waals surface area contributed by atoms with Gasteiger partial charge in [-0.15, -0.1) is 0 Å². The minimum atomic E-state index is -1.40. The van der Waals surface area contributed by atoms with E-state index < -0.39 is 23.4 Å². The first-order valence-corrected chi connectivity index (χ1v) is 6.40. The number of benzene rings is 1. The van der Waals surface area contributed by atoms with Crippen LogP contribution in [0.4, 0.5) is 14.9 Å². The fourth-order valence-electron chi connectivity index (χ4n) is 1.84. The zero-order valence-corrected chi connectivity index (χ0v) is 11.7. The Hall–Kier alpha value is -2.62. The summed E-state index contributed by atoms with van der Waals surface area (Å²) in [4.78, 5) is 23.1. The molecule has 6 nitrogen and oxygen atoms in total. The fraction of sp³-hybridized carbons (Fsp3) is 0.357. The second-order valence-corrected chi connectivity index (χ2v) is 4.48. The SMILES string of the molecule is CCC(CC)(NC(=O)Nc1ccc(C#N)cc1F)C(=O)O. The average Bonchev–Trinajstić information content (AvgIpc) is 2.46. The molecule has 112 valence electrons. The molecule has 0 heterocycles. The number of halogens is 1. The van der Waals surface area contributed by atoms with Crippen molar-refractivity contribution in [2.45, 2.75) is 32.2 Å². The van der Waals surface area contributed by atoms with E-state index in [1.54, 1.807) is 19.9 Å². The third kappa shape index (κ3) is 3.69. The molecule has 0 fully saturated rings. The van der Waals surface area contributed by atoms with Crippen molar-refractivity contribution in [3.05, 3.63) is 29.6 Å². The summed E-state index contributed by atoms with van der Waals surface area (Å²) in [6.45, 7) is 3.28. The number of carboxylic acids is 1. The van der Waals surface area contributed by atoms with Crippen LogP contribution in [0, 0.1) is 17.1 Å². The van der Waals surface area contributed by atoms with Gasteiger partial charge in [0.1, 0.15) is 11.4 Å². The fourth-order valence-corrected chi connectivity index (χ4v) is 1.84. The highest BCUT2D eigenvalue weighted by atomic mass is 19.1. The predicted octanol–water partition coefficient (Wildman–Crippen LogP) is 2.46. The molecule has 0 aromatic heterocycles. The monoisotopic (exact) mass is 293 g/mol. The van der Waals surface area contributed by atoms with Gasteiger partial charge < -0.3 is 15.7 Å². The van der Waals surface area contributed by atoms with E-state index in [1.807, 2.05) is 0 Å². The number of nitrogens with one attached hydrogen (secondary N) is 2. The van der Waals surface area contributed by atoms with Crippen molar-refractivity contribution in [1.29, 1.82) is 5.26 Å². The Bertz CT molecular complexity index is 592. The molecule has 3 N–H and O–H groups in total. The van der Waals surface area contributed by atoms with Gasteiger partial charge in [0.25, 0.3) is 0 Å². The Morgan fingerprint density at radius 2 is 2.00 bits per heavy atom. The van der Waals surface area contributed by atoms with Crippen molar-refractivity contribution < 1.29 is 19.1 Å². The molecule has 0 saturated carbocycles. The molecule has 1 rings (SSSR count). The van der Waals surface area contributed by atoms with Gasteiger partial charge in [0, 0.05) is 0 Å². The minimum absolute atomic E-state index is 0.125. The van der Waals surface area contributed by atoms with E-state index in [-0.39, 0.29) is 24.1 Å². The van der Waals surface area contributed by atoms with Gasteiger partial charge in [-0.25, -0.2) is 14.0 Å². The van der Waals surface area contributed by atoms with Crippen LogP contribution in [0.5, 0.6) is 0 Å². The summed E-state index contributed by atoms with van der Waals surface area (Å²) in [5.74, 6) is -1.92. The number of nitriles is 1. The summed E-state index contributed by atoms with van der Waals surface area (Å²) < 4.78 is 13.6. The van der Waals surface area contributed by atoms with Crippen molar-refractivity contribution in [3.8, 4) is 6.07 Å². The third-order valence-electron chi connectivity index (χ3n) is 3.32. The second-order valence-electron chi connectivity index (χ2n) is 4.48. The molecule has 2 amide bonds. The summed E-state index contributed by atoms with van der Waals surface area (Å²) in [6.07, 6.45) is 0.393. The molecule has 7 heteroatoms. The van der Waals surface area contributed by atoms with Gasteiger partial charge in [-0.3, -0.25) is 0 Å². The van der Waals surface area contributed by atoms with Gasteiger partial charge in [0.15, 0.2) is 0 Å². The van der Waals surface area contributed by atoms with Crippen LogP contribution in [-0.2, 0) is 4.79 Å². The quantitative estimate of drug-likeness (QED) is 0.776. The summed E-state index contributed by atoms with van der Waals surface area (Å²) in [5.41, 5.74) is -1.40. The molecular weight excluding hydrogens is 277 g/mol. The predicted molar refractivity (Wildman–Crippen MR) is 74.2 cm³/mol. The second kappa shape index (κ2) is 6.70. The summed E-state index contributed by atoms with van der Waals surface area (Å²) in [5, 5.41) is 22.4. The van der Waals surface area contributed by atoms with E-state index in [4.69, 9.17) is 5.26 Å². The van der Waals surface area contributed by atoms with E-state index in [9.17, 15) is 19.1 Å². The molecule has 1 aromatic carbocycles. The van der Waals surface area contributed by atoms with Gasteiger partial charge in [-0.2, -0.15) is 5.26 Å². The highest BCUT2D eigenvalue weighted by Crippen LogP contribution is 2.18. The lowest BCUT2D eigenvalue weighted by molar-refractivity contribution is -0.144. The number of rotatable bonds is 5. The molecule has 0 bridgehead atoms. The van der Waals surface area contributed by atoms with Crippen molar-refractivity contribution in [3.63, 3.8) is 0 Å². The first kappa shape index (κ1) is 16.4. The number of hydrogen-bond acceptors (Lipinski definition) is 3. The lowest BCUT2D eigenvalue weighted by atomic mass is 9.93. The zero-order valence-electron chi connectivity index (χ0n) is 11.7. The Morgan fingerprint density at radius 1 is 1.38 bits per heavy atom. The number of anilines is 1. The maximum Gasteiger partial charge on any atom is 0.329 e. The maximum atomic E-state index is 13.6. The standard InChI is InChI=1S/C14H16FN3O3/c1-3-14(4-2,12(19)20)18-13(21)17-11-6-5-9(8-16)7-10(11)15/h5-7H,3-4H2,1-2H3,(H,19,20)(H2,17,18,21). The van der Waals surface area contributed by atoms with Gasteiger partial charge >= 0.3 is 12.0 Å². The number of carboxylic acid groups (broad SMARTS) is 1. The van der Waals surface area contributed by atoms with Crippen LogP contribution in [0.15, 0.2) is 18.2 Å². The third-order valence-corrected chi connectivity index (χ3v) is 3.32. The van der Waals surface area contributed by atoms with E-state index >= 15 is 0 Å². The number of nitrogens with zero attached hydrogens (tertiary/aromatic N) is 1. The van der Waals surface area contributed by atoms with Crippen LogP contribution in [0.3, 0.4) is 0 Å². The lowest BCUT2D eigenvalue weighted by Crippen LogP contribution is -2.55. The van der Waals surface area contributed by atoms with Crippen LogP contribution < -0.4 is 10.6 Å². The molecule has 0 radical (unpaired) electrons. The summed E-state index contributed by atoms with van der Waals surface area (Å²) >= 11 is 0. The lowest BCUT2D eigenvalue weighted by Gasteiger charge is -2.28. The molecule has 0 saturated heterocycles. The van der Waals surface area contributed by atoms with Gasteiger partial charge in [-0.1, -0.05) is 13.8 Å². The van der Waals surface area contributed by atoms with Crippen LogP contribution >= 0.6 is 0 Å². The largest absolute Gasteiger partial charge is 0.480 e. The van der Waals surface area contributed by atoms with E-state index in [0.29, 0.717) is 0 Å². The van der Waals surface area contributed by atoms with Crippen molar-refractivity contribution in [2.75, 3.05) is 5.32 Å². The maximum absolute atomic E-state index is 13.6. The van der Waals surface area contributed by atoms with E-state index in [0.717, 1.165) is 6.07 Å². The van der Waals surface area contributed by atoms with Gasteiger partial charge in [-0.05, 0) is 31.0 Å². The molecule has 0 atom stereocenters. The Kier molecular flexibility index (Phi) is 5.24. The molecular formula is C14H16FN3O3. The first-order valence-electron chi connectivity index (χ1n) is 6.40. The molecule has 0 spiro atoms. The molecule has 0 aliphatic heterocycles. The number of aliphatic carboxylic acids is 1. The number of carbonyl (C=O) groups excluding carboxylic acids is 1. The highest BCUT2D eigenvalue weighted by molar-refractivity contribution is 5.94. The minimum Gasteiger partial charge on any atom is -0.480 e. The number of carbonyl (C=O) groups is 2. The van der Waals surface area contributed by atoms with E-state index in [2.05, 4.69) is 10.6 Å². The Labute approximate surface area is 121 Å². The average molecular weight is 293 g/mol. The van der Waals surface area contributed by atoms with Crippen LogP contribution in [-0.4, -0.2) is 22.6 Å². The molecule has 1 aromatic rings. The van der Waals surface area contributed by atoms with Gasteiger partial charge in [0.2, 0.25) is 0 Å². The summed E-state index contributed by atoms with van der Waals surface area (Å²) in [7, 11) is 0. The van der Waals surface area contributed by atoms with E-state index in [1.165, 1.54) is 12.1 Å². The van der Waals surface area contributed by atoms with Crippen molar-refractivity contribution >= 4 is 17.7 Å². The molecule has 0 unspecified atom stereocenters. The topological polar surface area (TPSA) is 102 Å². The van der Waals surface area contributed by atoms with Crippen molar-refractivity contribution in [1.82, 2.24) is 5.32 Å². The zero-order chi connectivity index (χ0) is 16.0. The normalized spacial score (nSPS) is 10.6.